The average Bonchev–Trinajstić information content (AvgIpc) is 3.12. The van der Waals surface area contributed by atoms with Gasteiger partial charge in [0.2, 0.25) is 0 Å². The van der Waals surface area contributed by atoms with Crippen LogP contribution in [0.15, 0.2) is 66.7 Å². The van der Waals surface area contributed by atoms with Gasteiger partial charge >= 0.3 is 5.97 Å². The molecule has 1 aromatic heterocycles. The van der Waals surface area contributed by atoms with Gasteiger partial charge in [0.1, 0.15) is 5.75 Å². The first kappa shape index (κ1) is 22.3. The van der Waals surface area contributed by atoms with Crippen LogP contribution >= 0.6 is 0 Å². The molecule has 0 spiro atoms. The molecule has 0 saturated carbocycles. The number of carboxylic acid groups (broad SMARTS) is 1. The van der Waals surface area contributed by atoms with Crippen LogP contribution in [0.4, 0.5) is 0 Å². The Bertz CT molecular complexity index is 1330. The summed E-state index contributed by atoms with van der Waals surface area (Å²) in [6.07, 6.45) is 0.741. The minimum atomic E-state index is -0.896. The van der Waals surface area contributed by atoms with Crippen molar-refractivity contribution in [1.82, 2.24) is 4.57 Å². The molecule has 0 fully saturated rings. The van der Waals surface area contributed by atoms with E-state index in [9.17, 15) is 14.7 Å². The number of aryl methyl sites for hydroxylation is 3. The lowest BCUT2D eigenvalue weighted by Gasteiger charge is -2.11. The van der Waals surface area contributed by atoms with Gasteiger partial charge in [-0.25, -0.2) is 0 Å². The first-order valence-corrected chi connectivity index (χ1v) is 11.0. The van der Waals surface area contributed by atoms with Gasteiger partial charge in [-0.15, -0.1) is 0 Å². The molecule has 33 heavy (non-hydrogen) atoms. The molecule has 1 heterocycles. The second-order valence-corrected chi connectivity index (χ2v) is 8.40. The molecule has 4 aromatic rings. The molecule has 0 atom stereocenters. The number of carbonyl (C=O) groups is 2. The molecule has 0 aliphatic heterocycles. The summed E-state index contributed by atoms with van der Waals surface area (Å²) in [5, 5.41) is 9.97. The second-order valence-electron chi connectivity index (χ2n) is 8.40. The van der Waals surface area contributed by atoms with Crippen LogP contribution in [0.5, 0.6) is 5.75 Å². The predicted molar refractivity (Wildman–Crippen MR) is 129 cm³/mol. The molecule has 0 unspecified atom stereocenters. The lowest BCUT2D eigenvalue weighted by Crippen LogP contribution is -2.13. The minimum Gasteiger partial charge on any atom is -0.493 e. The van der Waals surface area contributed by atoms with Crippen molar-refractivity contribution in [2.45, 2.75) is 33.6 Å². The Morgan fingerprint density at radius 2 is 1.67 bits per heavy atom. The molecule has 0 aliphatic carbocycles. The maximum atomic E-state index is 13.3. The topological polar surface area (TPSA) is 68.5 Å². The van der Waals surface area contributed by atoms with Crippen LogP contribution in [-0.2, 0) is 17.6 Å². The van der Waals surface area contributed by atoms with Crippen LogP contribution in [0.1, 0.15) is 38.3 Å². The molecule has 5 heteroatoms. The number of ether oxygens (including phenoxy) is 1. The van der Waals surface area contributed by atoms with E-state index in [0.717, 1.165) is 23.3 Å². The number of hydrogen-bond acceptors (Lipinski definition) is 3. The Labute approximate surface area is 193 Å². The van der Waals surface area contributed by atoms with E-state index in [1.807, 2.05) is 31.2 Å². The van der Waals surface area contributed by atoms with Gasteiger partial charge in [0.05, 0.1) is 18.5 Å². The van der Waals surface area contributed by atoms with Crippen LogP contribution in [0.25, 0.3) is 10.9 Å². The third-order valence-corrected chi connectivity index (χ3v) is 5.91. The van der Waals surface area contributed by atoms with Crippen molar-refractivity contribution in [3.05, 3.63) is 100 Å². The summed E-state index contributed by atoms with van der Waals surface area (Å²) in [6.45, 7) is 6.60. The fraction of sp³-hybridized carbons (Fsp3) is 0.214. The van der Waals surface area contributed by atoms with Gasteiger partial charge in [-0.1, -0.05) is 35.9 Å². The van der Waals surface area contributed by atoms with Crippen molar-refractivity contribution in [2.24, 2.45) is 0 Å². The lowest BCUT2D eigenvalue weighted by atomic mass is 10.0. The van der Waals surface area contributed by atoms with E-state index in [1.165, 1.54) is 16.7 Å². The highest BCUT2D eigenvalue weighted by Crippen LogP contribution is 2.25. The van der Waals surface area contributed by atoms with Crippen LogP contribution < -0.4 is 4.74 Å². The summed E-state index contributed by atoms with van der Waals surface area (Å²) in [7, 11) is 0. The third-order valence-electron chi connectivity index (χ3n) is 5.91. The number of aliphatic carboxylic acids is 1. The molecular weight excluding hydrogens is 414 g/mol. The van der Waals surface area contributed by atoms with Crippen molar-refractivity contribution in [3.63, 3.8) is 0 Å². The quantitative estimate of drug-likeness (QED) is 0.411. The average molecular weight is 442 g/mol. The highest BCUT2D eigenvalue weighted by atomic mass is 16.5. The van der Waals surface area contributed by atoms with Crippen molar-refractivity contribution in [2.75, 3.05) is 6.61 Å². The molecule has 0 aliphatic rings. The molecule has 0 bridgehead atoms. The first-order valence-electron chi connectivity index (χ1n) is 11.0. The number of fused-ring (bicyclic) bond motifs is 1. The van der Waals surface area contributed by atoms with Crippen molar-refractivity contribution < 1.29 is 19.4 Å². The minimum absolute atomic E-state index is 0.0803. The Balaban J connectivity index is 1.49. The zero-order chi connectivity index (χ0) is 23.5. The van der Waals surface area contributed by atoms with Crippen LogP contribution in [0, 0.1) is 20.8 Å². The molecule has 3 aromatic carbocycles. The van der Waals surface area contributed by atoms with E-state index in [2.05, 4.69) is 32.0 Å². The largest absolute Gasteiger partial charge is 0.493 e. The number of carbonyl (C=O) groups excluding carboxylic acids is 1. The summed E-state index contributed by atoms with van der Waals surface area (Å²) in [6, 6.07) is 20.9. The standard InChI is InChI=1S/C28H27NO4/c1-18-7-8-19(2)22(15-18)13-14-33-24-11-9-21(10-12-24)28(32)29-20(3)16-25-23(17-27(30)31)5-4-6-26(25)29/h4-12,15-16H,13-14,17H2,1-3H3,(H,30,31). The van der Waals surface area contributed by atoms with Crippen molar-refractivity contribution in [1.29, 1.82) is 0 Å². The first-order chi connectivity index (χ1) is 15.8. The van der Waals surface area contributed by atoms with E-state index >= 15 is 0 Å². The van der Waals surface area contributed by atoms with Crippen LogP contribution in [0.2, 0.25) is 0 Å². The summed E-state index contributed by atoms with van der Waals surface area (Å²) in [4.78, 5) is 24.5. The van der Waals surface area contributed by atoms with E-state index in [4.69, 9.17) is 4.74 Å². The number of hydrogen-bond donors (Lipinski definition) is 1. The summed E-state index contributed by atoms with van der Waals surface area (Å²) >= 11 is 0. The number of carboxylic acids is 1. The molecular formula is C28H27NO4. The summed E-state index contributed by atoms with van der Waals surface area (Å²) in [5.74, 6) is -0.334. The molecule has 0 amide bonds. The Morgan fingerprint density at radius 1 is 0.909 bits per heavy atom. The van der Waals surface area contributed by atoms with Gasteiger partial charge in [-0.3, -0.25) is 14.2 Å². The molecule has 1 N–H and O–H groups in total. The third kappa shape index (κ3) is 4.82. The van der Waals surface area contributed by atoms with Gasteiger partial charge in [0.25, 0.3) is 5.91 Å². The Hall–Kier alpha value is -3.86. The second kappa shape index (κ2) is 9.33. The summed E-state index contributed by atoms with van der Waals surface area (Å²) < 4.78 is 7.54. The van der Waals surface area contributed by atoms with Gasteiger partial charge in [0, 0.05) is 23.1 Å². The number of aromatic nitrogens is 1. The Morgan fingerprint density at radius 3 is 2.39 bits per heavy atom. The number of benzene rings is 3. The van der Waals surface area contributed by atoms with Gasteiger partial charge < -0.3 is 9.84 Å². The zero-order valence-electron chi connectivity index (χ0n) is 19.1. The highest BCUT2D eigenvalue weighted by Gasteiger charge is 2.17. The molecule has 168 valence electrons. The lowest BCUT2D eigenvalue weighted by molar-refractivity contribution is -0.136. The fourth-order valence-electron chi connectivity index (χ4n) is 4.18. The highest BCUT2D eigenvalue weighted by molar-refractivity contribution is 6.04. The van der Waals surface area contributed by atoms with E-state index in [1.54, 1.807) is 28.8 Å². The SMILES string of the molecule is Cc1ccc(C)c(CCOc2ccc(C(=O)n3c(C)cc4c(CC(=O)O)cccc43)cc2)c1. The maximum absolute atomic E-state index is 13.3. The van der Waals surface area contributed by atoms with Gasteiger partial charge in [-0.05, 0) is 73.9 Å². The van der Waals surface area contributed by atoms with E-state index < -0.39 is 5.97 Å². The number of rotatable bonds is 7. The van der Waals surface area contributed by atoms with Crippen molar-refractivity contribution in [3.8, 4) is 5.75 Å². The van der Waals surface area contributed by atoms with Crippen LogP contribution in [0.3, 0.4) is 0 Å². The zero-order valence-corrected chi connectivity index (χ0v) is 19.1. The normalized spacial score (nSPS) is 11.0. The van der Waals surface area contributed by atoms with Crippen molar-refractivity contribution >= 4 is 22.8 Å². The molecule has 5 nitrogen and oxygen atoms in total. The van der Waals surface area contributed by atoms with E-state index in [-0.39, 0.29) is 12.3 Å². The van der Waals surface area contributed by atoms with Gasteiger partial charge in [0.15, 0.2) is 0 Å². The Kier molecular flexibility index (Phi) is 6.31. The van der Waals surface area contributed by atoms with E-state index in [0.29, 0.717) is 23.3 Å². The monoisotopic (exact) mass is 441 g/mol. The fourth-order valence-corrected chi connectivity index (χ4v) is 4.18. The van der Waals surface area contributed by atoms with Crippen LogP contribution in [-0.4, -0.2) is 28.2 Å². The maximum Gasteiger partial charge on any atom is 0.307 e. The predicted octanol–water partition coefficient (Wildman–Crippen LogP) is 5.50. The molecule has 4 rings (SSSR count). The molecule has 0 saturated heterocycles. The van der Waals surface area contributed by atoms with Gasteiger partial charge in [-0.2, -0.15) is 0 Å². The number of nitrogens with zero attached hydrogens (tertiary/aromatic N) is 1. The summed E-state index contributed by atoms with van der Waals surface area (Å²) in [5.41, 5.74) is 6.49. The molecule has 0 radical (unpaired) electrons. The smallest absolute Gasteiger partial charge is 0.307 e.